The summed E-state index contributed by atoms with van der Waals surface area (Å²) in [5.74, 6) is 0. The largest absolute Gasteiger partial charge is 0.376 e. The molecule has 0 radical (unpaired) electrons. The molecule has 1 saturated heterocycles. The summed E-state index contributed by atoms with van der Waals surface area (Å²) in [5.41, 5.74) is 1.30. The second-order valence-electron chi connectivity index (χ2n) is 6.67. The molecule has 108 valence electrons. The van der Waals surface area contributed by atoms with Gasteiger partial charge in [0, 0.05) is 23.4 Å². The Hall–Kier alpha value is -0.450. The highest BCUT2D eigenvalue weighted by Crippen LogP contribution is 2.32. The molecule has 2 rings (SSSR count). The Morgan fingerprint density at radius 2 is 2.16 bits per heavy atom. The molecule has 2 unspecified atom stereocenters. The Kier molecular flexibility index (Phi) is 4.64. The topological polar surface area (TPSA) is 34.2 Å². The number of hydrogen-bond acceptors (Lipinski definition) is 4. The summed E-state index contributed by atoms with van der Waals surface area (Å²) in [6, 6.07) is 0.680. The quantitative estimate of drug-likeness (QED) is 0.915. The second-order valence-corrected chi connectivity index (χ2v) is 7.56. The average Bonchev–Trinajstić information content (AvgIpc) is 2.96. The zero-order chi connectivity index (χ0) is 14.0. The molecule has 0 spiro atoms. The van der Waals surface area contributed by atoms with Crippen LogP contribution in [0.5, 0.6) is 0 Å². The van der Waals surface area contributed by atoms with Gasteiger partial charge in [-0.3, -0.25) is 0 Å². The molecule has 1 aromatic rings. The van der Waals surface area contributed by atoms with Crippen molar-refractivity contribution in [1.82, 2.24) is 10.3 Å². The molecule has 1 aliphatic heterocycles. The van der Waals surface area contributed by atoms with Crippen LogP contribution in [0, 0.1) is 0 Å². The van der Waals surface area contributed by atoms with Crippen LogP contribution in [-0.4, -0.2) is 23.7 Å². The third-order valence-electron chi connectivity index (χ3n) is 3.41. The summed E-state index contributed by atoms with van der Waals surface area (Å²) in [6.07, 6.45) is 2.58. The highest BCUT2D eigenvalue weighted by molar-refractivity contribution is 7.09. The molecular weight excluding hydrogens is 256 g/mol. The number of thiazole rings is 1. The molecule has 2 atom stereocenters. The maximum absolute atomic E-state index is 5.87. The number of aromatic nitrogens is 1. The lowest BCUT2D eigenvalue weighted by Crippen LogP contribution is -2.36. The Balaban J connectivity index is 2.19. The van der Waals surface area contributed by atoms with Crippen molar-refractivity contribution in [1.29, 1.82) is 0 Å². The standard InChI is InChI=1S/C15H26N2OS/c1-10(2)16-13(11-7-6-8-18-11)14-17-12(9-19-14)15(3,4)5/h9-11,13,16H,6-8H2,1-5H3. The van der Waals surface area contributed by atoms with Gasteiger partial charge in [-0.2, -0.15) is 0 Å². The van der Waals surface area contributed by atoms with E-state index in [0.717, 1.165) is 13.0 Å². The van der Waals surface area contributed by atoms with Crippen molar-refractivity contribution in [2.45, 2.75) is 71.1 Å². The Labute approximate surface area is 120 Å². The van der Waals surface area contributed by atoms with Gasteiger partial charge in [0.15, 0.2) is 0 Å². The molecule has 0 aliphatic carbocycles. The summed E-state index contributed by atoms with van der Waals surface area (Å²) in [6.45, 7) is 11.9. The van der Waals surface area contributed by atoms with Crippen molar-refractivity contribution in [2.75, 3.05) is 6.61 Å². The van der Waals surface area contributed by atoms with Gasteiger partial charge < -0.3 is 10.1 Å². The fourth-order valence-electron chi connectivity index (χ4n) is 2.34. The minimum atomic E-state index is 0.119. The van der Waals surface area contributed by atoms with Crippen molar-refractivity contribution in [3.63, 3.8) is 0 Å². The monoisotopic (exact) mass is 282 g/mol. The molecule has 19 heavy (non-hydrogen) atoms. The van der Waals surface area contributed by atoms with E-state index in [1.807, 2.05) is 0 Å². The van der Waals surface area contributed by atoms with Crippen LogP contribution in [0.1, 0.15) is 64.2 Å². The van der Waals surface area contributed by atoms with E-state index >= 15 is 0 Å². The van der Waals surface area contributed by atoms with Gasteiger partial charge in [0.1, 0.15) is 5.01 Å². The molecular formula is C15H26N2OS. The lowest BCUT2D eigenvalue weighted by Gasteiger charge is -2.24. The Morgan fingerprint density at radius 3 is 2.63 bits per heavy atom. The zero-order valence-corrected chi connectivity index (χ0v) is 13.5. The summed E-state index contributed by atoms with van der Waals surface area (Å²) in [5, 5.41) is 6.99. The van der Waals surface area contributed by atoms with Crippen LogP contribution in [0.2, 0.25) is 0 Å². The van der Waals surface area contributed by atoms with Crippen LogP contribution < -0.4 is 5.32 Å². The second kappa shape index (κ2) is 5.90. The predicted molar refractivity (Wildman–Crippen MR) is 80.8 cm³/mol. The van der Waals surface area contributed by atoms with E-state index in [1.54, 1.807) is 11.3 Å². The lowest BCUT2D eigenvalue weighted by molar-refractivity contribution is 0.0752. The highest BCUT2D eigenvalue weighted by Gasteiger charge is 2.31. The third-order valence-corrected chi connectivity index (χ3v) is 4.33. The van der Waals surface area contributed by atoms with Gasteiger partial charge in [0.05, 0.1) is 17.8 Å². The first-order chi connectivity index (χ1) is 8.88. The van der Waals surface area contributed by atoms with Crippen LogP contribution in [0.25, 0.3) is 0 Å². The molecule has 0 aromatic carbocycles. The van der Waals surface area contributed by atoms with Crippen LogP contribution >= 0.6 is 11.3 Å². The van der Waals surface area contributed by atoms with E-state index in [1.165, 1.54) is 17.1 Å². The third kappa shape index (κ3) is 3.77. The smallest absolute Gasteiger partial charge is 0.113 e. The van der Waals surface area contributed by atoms with Crippen molar-refractivity contribution >= 4 is 11.3 Å². The lowest BCUT2D eigenvalue weighted by atomic mass is 9.93. The van der Waals surface area contributed by atoms with E-state index < -0.39 is 0 Å². The Bertz CT molecular complexity index is 403. The molecule has 4 heteroatoms. The van der Waals surface area contributed by atoms with E-state index in [-0.39, 0.29) is 17.6 Å². The first kappa shape index (κ1) is 14.9. The van der Waals surface area contributed by atoms with E-state index in [0.29, 0.717) is 6.04 Å². The molecule has 1 fully saturated rings. The highest BCUT2D eigenvalue weighted by atomic mass is 32.1. The zero-order valence-electron chi connectivity index (χ0n) is 12.7. The minimum Gasteiger partial charge on any atom is -0.376 e. The number of rotatable bonds is 4. The Morgan fingerprint density at radius 1 is 1.42 bits per heavy atom. The van der Waals surface area contributed by atoms with Gasteiger partial charge in [-0.05, 0) is 12.8 Å². The van der Waals surface area contributed by atoms with Gasteiger partial charge in [-0.1, -0.05) is 34.6 Å². The maximum Gasteiger partial charge on any atom is 0.113 e. The summed E-state index contributed by atoms with van der Waals surface area (Å²) >= 11 is 1.76. The number of hydrogen-bond donors (Lipinski definition) is 1. The predicted octanol–water partition coefficient (Wildman–Crippen LogP) is 3.66. The van der Waals surface area contributed by atoms with Crippen molar-refractivity contribution < 1.29 is 4.74 Å². The van der Waals surface area contributed by atoms with Crippen LogP contribution in [-0.2, 0) is 10.2 Å². The van der Waals surface area contributed by atoms with Gasteiger partial charge in [0.2, 0.25) is 0 Å². The van der Waals surface area contributed by atoms with Gasteiger partial charge in [0.25, 0.3) is 0 Å². The molecule has 0 bridgehead atoms. The van der Waals surface area contributed by atoms with Crippen LogP contribution in [0.3, 0.4) is 0 Å². The van der Waals surface area contributed by atoms with Gasteiger partial charge in [-0.25, -0.2) is 4.98 Å². The van der Waals surface area contributed by atoms with Crippen molar-refractivity contribution in [3.05, 3.63) is 16.1 Å². The van der Waals surface area contributed by atoms with Crippen molar-refractivity contribution in [2.24, 2.45) is 0 Å². The van der Waals surface area contributed by atoms with E-state index in [2.05, 4.69) is 45.3 Å². The molecule has 0 amide bonds. The molecule has 3 nitrogen and oxygen atoms in total. The summed E-state index contributed by atoms with van der Waals surface area (Å²) in [7, 11) is 0. The van der Waals surface area contributed by atoms with Gasteiger partial charge in [-0.15, -0.1) is 11.3 Å². The molecule has 2 heterocycles. The van der Waals surface area contributed by atoms with E-state index in [9.17, 15) is 0 Å². The molecule has 1 N–H and O–H groups in total. The number of nitrogens with zero attached hydrogens (tertiary/aromatic N) is 1. The maximum atomic E-state index is 5.87. The first-order valence-electron chi connectivity index (χ1n) is 7.21. The molecule has 0 saturated carbocycles. The molecule has 1 aliphatic rings. The number of ether oxygens (including phenoxy) is 1. The normalized spacial score (nSPS) is 22.1. The molecule has 1 aromatic heterocycles. The fraction of sp³-hybridized carbons (Fsp3) is 0.800. The summed E-state index contributed by atoms with van der Waals surface area (Å²) in [4.78, 5) is 4.86. The van der Waals surface area contributed by atoms with Crippen molar-refractivity contribution in [3.8, 4) is 0 Å². The van der Waals surface area contributed by atoms with Crippen LogP contribution in [0.4, 0.5) is 0 Å². The first-order valence-corrected chi connectivity index (χ1v) is 8.09. The summed E-state index contributed by atoms with van der Waals surface area (Å²) < 4.78 is 5.87. The number of nitrogens with one attached hydrogen (secondary N) is 1. The minimum absolute atomic E-state index is 0.119. The SMILES string of the molecule is CC(C)NC(c1nc(C(C)(C)C)cs1)C1CCCO1. The van der Waals surface area contributed by atoms with Gasteiger partial charge >= 0.3 is 0 Å². The fourth-order valence-corrected chi connectivity index (χ4v) is 3.49. The van der Waals surface area contributed by atoms with Crippen LogP contribution in [0.15, 0.2) is 5.38 Å². The van der Waals surface area contributed by atoms with E-state index in [4.69, 9.17) is 9.72 Å². The average molecular weight is 282 g/mol.